The Morgan fingerprint density at radius 1 is 1.07 bits per heavy atom. The van der Waals surface area contributed by atoms with E-state index >= 15 is 0 Å². The standard InChI is InChI=1S/C27H29F4N7O.ClH/c1-36-8-2-3-18(13-36)38-14-22(17-4-5-21(28)20(11-17)27(29,30)31)34-25(38)16-6-9-37(10-7-16)26-19-12-23(39)35-24(19)32-15-33-26;/h4-5,11,14-16,18H,2-3,6-10,12-13H2,1H3,(H,32,33,35,39);1H/t18-;/m1./s1. The Balaban J connectivity index is 0.00000323. The lowest BCUT2D eigenvalue weighted by atomic mass is 9.94. The fraction of sp³-hybridized carbons (Fsp3) is 0.481. The number of nitrogens with one attached hydrogen (secondary N) is 1. The largest absolute Gasteiger partial charge is 0.419 e. The zero-order valence-corrected chi connectivity index (χ0v) is 22.7. The van der Waals surface area contributed by atoms with Gasteiger partial charge >= 0.3 is 6.18 Å². The number of halogens is 5. The number of hydrogen-bond donors (Lipinski definition) is 1. The lowest BCUT2D eigenvalue weighted by molar-refractivity contribution is -0.140. The van der Waals surface area contributed by atoms with Gasteiger partial charge in [-0.15, -0.1) is 12.4 Å². The van der Waals surface area contributed by atoms with Gasteiger partial charge in [0.1, 0.15) is 29.6 Å². The van der Waals surface area contributed by atoms with Gasteiger partial charge in [-0.2, -0.15) is 13.2 Å². The van der Waals surface area contributed by atoms with E-state index in [1.165, 1.54) is 12.4 Å². The second kappa shape index (κ2) is 11.0. The number of amides is 1. The van der Waals surface area contributed by atoms with Crippen LogP contribution in [0.25, 0.3) is 11.3 Å². The summed E-state index contributed by atoms with van der Waals surface area (Å²) in [6.07, 6.45) is 2.30. The number of carbonyl (C=O) groups excluding carboxylic acids is 1. The zero-order valence-electron chi connectivity index (χ0n) is 21.9. The molecule has 3 aliphatic heterocycles. The summed E-state index contributed by atoms with van der Waals surface area (Å²) in [4.78, 5) is 29.8. The number of fused-ring (bicyclic) bond motifs is 1. The number of carbonyl (C=O) groups is 1. The number of anilines is 2. The molecule has 6 rings (SSSR count). The average molecular weight is 580 g/mol. The Morgan fingerprint density at radius 3 is 2.58 bits per heavy atom. The molecule has 0 saturated carbocycles. The van der Waals surface area contributed by atoms with Crippen molar-refractivity contribution in [2.24, 2.45) is 0 Å². The summed E-state index contributed by atoms with van der Waals surface area (Å²) in [6, 6.07) is 3.24. The van der Waals surface area contributed by atoms with Crippen LogP contribution in [0.15, 0.2) is 30.7 Å². The average Bonchev–Trinajstić information content (AvgIpc) is 3.52. The Labute approximate surface area is 235 Å². The highest BCUT2D eigenvalue weighted by molar-refractivity contribution is 5.99. The first-order valence-corrected chi connectivity index (χ1v) is 13.2. The zero-order chi connectivity index (χ0) is 27.3. The number of alkyl halides is 3. The van der Waals surface area contributed by atoms with Crippen LogP contribution in [0.5, 0.6) is 0 Å². The summed E-state index contributed by atoms with van der Waals surface area (Å²) in [5, 5.41) is 2.77. The highest BCUT2D eigenvalue weighted by atomic mass is 35.5. The molecule has 0 aliphatic carbocycles. The van der Waals surface area contributed by atoms with E-state index in [9.17, 15) is 22.4 Å². The van der Waals surface area contributed by atoms with E-state index in [-0.39, 0.29) is 42.3 Å². The lowest BCUT2D eigenvalue weighted by Crippen LogP contribution is -2.37. The maximum atomic E-state index is 14.0. The molecule has 2 saturated heterocycles. The normalized spacial score (nSPS) is 20.3. The number of rotatable bonds is 4. The molecule has 0 radical (unpaired) electrons. The van der Waals surface area contributed by atoms with Crippen molar-refractivity contribution in [3.63, 3.8) is 0 Å². The molecule has 1 aromatic carbocycles. The first-order valence-electron chi connectivity index (χ1n) is 13.2. The van der Waals surface area contributed by atoms with Gasteiger partial charge in [-0.1, -0.05) is 0 Å². The molecule has 40 heavy (non-hydrogen) atoms. The molecule has 5 heterocycles. The minimum absolute atomic E-state index is 0. The van der Waals surface area contributed by atoms with Crippen molar-refractivity contribution in [1.29, 1.82) is 0 Å². The number of nitrogens with zero attached hydrogens (tertiary/aromatic N) is 6. The first kappa shape index (κ1) is 28.3. The van der Waals surface area contributed by atoms with Crippen molar-refractivity contribution >= 4 is 29.9 Å². The van der Waals surface area contributed by atoms with Crippen LogP contribution in [-0.4, -0.2) is 63.6 Å². The summed E-state index contributed by atoms with van der Waals surface area (Å²) < 4.78 is 56.4. The van der Waals surface area contributed by atoms with Gasteiger partial charge in [0.15, 0.2) is 0 Å². The van der Waals surface area contributed by atoms with Gasteiger partial charge in [-0.25, -0.2) is 19.3 Å². The summed E-state index contributed by atoms with van der Waals surface area (Å²) in [5.41, 5.74) is 0.197. The molecule has 2 fully saturated rings. The van der Waals surface area contributed by atoms with Crippen LogP contribution >= 0.6 is 12.4 Å². The first-order chi connectivity index (χ1) is 18.7. The molecular weight excluding hydrogens is 550 g/mol. The number of imidazole rings is 1. The third-order valence-corrected chi connectivity index (χ3v) is 8.00. The number of piperidine rings is 2. The van der Waals surface area contributed by atoms with Gasteiger partial charge in [0.05, 0.1) is 17.7 Å². The van der Waals surface area contributed by atoms with Crippen LogP contribution in [0.1, 0.15) is 54.6 Å². The van der Waals surface area contributed by atoms with E-state index in [0.29, 0.717) is 24.6 Å². The molecule has 0 unspecified atom stereocenters. The molecule has 1 amide bonds. The van der Waals surface area contributed by atoms with E-state index in [1.54, 1.807) is 0 Å². The Hall–Kier alpha value is -3.25. The van der Waals surface area contributed by atoms with Gasteiger partial charge < -0.3 is 19.7 Å². The van der Waals surface area contributed by atoms with E-state index in [2.05, 4.69) is 36.7 Å². The maximum Gasteiger partial charge on any atom is 0.419 e. The van der Waals surface area contributed by atoms with Crippen molar-refractivity contribution < 1.29 is 22.4 Å². The quantitative estimate of drug-likeness (QED) is 0.435. The van der Waals surface area contributed by atoms with Gasteiger partial charge in [0, 0.05) is 48.9 Å². The Kier molecular flexibility index (Phi) is 7.75. The van der Waals surface area contributed by atoms with Crippen molar-refractivity contribution in [2.45, 2.75) is 50.2 Å². The van der Waals surface area contributed by atoms with Crippen LogP contribution in [0.2, 0.25) is 0 Å². The van der Waals surface area contributed by atoms with E-state index in [4.69, 9.17) is 4.98 Å². The predicted molar refractivity (Wildman–Crippen MR) is 144 cm³/mol. The van der Waals surface area contributed by atoms with Crippen molar-refractivity contribution in [2.75, 3.05) is 43.4 Å². The maximum absolute atomic E-state index is 14.0. The molecule has 214 valence electrons. The molecule has 0 bridgehead atoms. The van der Waals surface area contributed by atoms with Crippen molar-refractivity contribution in [3.8, 4) is 11.3 Å². The fourth-order valence-electron chi connectivity index (χ4n) is 6.04. The van der Waals surface area contributed by atoms with Crippen LogP contribution in [-0.2, 0) is 17.4 Å². The topological polar surface area (TPSA) is 79.2 Å². The highest BCUT2D eigenvalue weighted by Crippen LogP contribution is 2.38. The number of aromatic nitrogens is 4. The smallest absolute Gasteiger partial charge is 0.356 e. The van der Waals surface area contributed by atoms with Crippen LogP contribution < -0.4 is 10.2 Å². The van der Waals surface area contributed by atoms with Crippen molar-refractivity contribution in [1.82, 2.24) is 24.4 Å². The molecule has 3 aliphatic rings. The highest BCUT2D eigenvalue weighted by Gasteiger charge is 2.35. The van der Waals surface area contributed by atoms with Gasteiger partial charge in [0.25, 0.3) is 0 Å². The summed E-state index contributed by atoms with van der Waals surface area (Å²) in [6.45, 7) is 3.22. The molecule has 2 aromatic heterocycles. The monoisotopic (exact) mass is 579 g/mol. The van der Waals surface area contributed by atoms with E-state index in [0.717, 1.165) is 68.1 Å². The van der Waals surface area contributed by atoms with Gasteiger partial charge in [-0.05, 0) is 57.5 Å². The second-order valence-corrected chi connectivity index (χ2v) is 10.7. The Bertz CT molecular complexity index is 1400. The third kappa shape index (κ3) is 5.38. The van der Waals surface area contributed by atoms with Gasteiger partial charge in [-0.3, -0.25) is 4.79 Å². The minimum atomic E-state index is -4.79. The molecule has 1 N–H and O–H groups in total. The molecule has 3 aromatic rings. The minimum Gasteiger partial charge on any atom is -0.356 e. The van der Waals surface area contributed by atoms with Gasteiger partial charge in [0.2, 0.25) is 5.91 Å². The van der Waals surface area contributed by atoms with Crippen LogP contribution in [0, 0.1) is 5.82 Å². The molecule has 0 spiro atoms. The third-order valence-electron chi connectivity index (χ3n) is 8.00. The second-order valence-electron chi connectivity index (χ2n) is 10.7. The number of hydrogen-bond acceptors (Lipinski definition) is 6. The Morgan fingerprint density at radius 2 is 1.85 bits per heavy atom. The molecular formula is C27H30ClF4N7O. The predicted octanol–water partition coefficient (Wildman–Crippen LogP) is 5.07. The molecule has 1 atom stereocenters. The molecule has 8 nitrogen and oxygen atoms in total. The van der Waals surface area contributed by atoms with E-state index < -0.39 is 17.6 Å². The van der Waals surface area contributed by atoms with E-state index in [1.807, 2.05) is 6.20 Å². The molecule has 13 heteroatoms. The summed E-state index contributed by atoms with van der Waals surface area (Å²) in [5.74, 6) is 0.891. The summed E-state index contributed by atoms with van der Waals surface area (Å²) >= 11 is 0. The van der Waals surface area contributed by atoms with Crippen LogP contribution in [0.3, 0.4) is 0 Å². The number of likely N-dealkylation sites (tertiary alicyclic amines) is 1. The lowest BCUT2D eigenvalue weighted by Gasteiger charge is -2.36. The SMILES string of the molecule is CN1CCC[C@@H](n2cc(-c3ccc(F)c(C(F)(F)F)c3)nc2C2CCN(c3ncnc4c3CC(=O)N4)CC2)C1.Cl. The van der Waals surface area contributed by atoms with Crippen molar-refractivity contribution in [3.05, 3.63) is 53.5 Å². The summed E-state index contributed by atoms with van der Waals surface area (Å²) in [7, 11) is 2.07. The van der Waals surface area contributed by atoms with Crippen LogP contribution in [0.4, 0.5) is 29.2 Å². The number of likely N-dealkylation sites (N-methyl/N-ethyl adjacent to an activating group) is 1. The fourth-order valence-corrected chi connectivity index (χ4v) is 6.04. The number of benzene rings is 1.